The van der Waals surface area contributed by atoms with E-state index in [4.69, 9.17) is 14.6 Å². The van der Waals surface area contributed by atoms with Crippen molar-refractivity contribution in [3.8, 4) is 5.88 Å². The standard InChI is InChI=1S/C13H18N2O5/c1-13(2,3)20-12(18)15-9(11(16)17)8-19-10-6-4-5-7-14-10/h4-7,9H,8H2,1-3H3,(H,15,18)(H,16,17)/t9-/m1/s1. The number of carbonyl (C=O) groups is 2. The molecule has 0 aliphatic rings. The fraction of sp³-hybridized carbons (Fsp3) is 0.462. The average Bonchev–Trinajstić information content (AvgIpc) is 2.33. The number of alkyl carbamates (subject to hydrolysis) is 1. The van der Waals surface area contributed by atoms with E-state index in [1.807, 2.05) is 0 Å². The van der Waals surface area contributed by atoms with Crippen molar-refractivity contribution in [3.63, 3.8) is 0 Å². The summed E-state index contributed by atoms with van der Waals surface area (Å²) in [5.41, 5.74) is -0.699. The van der Waals surface area contributed by atoms with E-state index in [-0.39, 0.29) is 12.5 Å². The Kier molecular flexibility index (Phi) is 5.31. The minimum atomic E-state index is -1.22. The molecule has 20 heavy (non-hydrogen) atoms. The molecule has 2 N–H and O–H groups in total. The molecule has 1 amide bonds. The Morgan fingerprint density at radius 2 is 2.10 bits per heavy atom. The van der Waals surface area contributed by atoms with Gasteiger partial charge in [-0.1, -0.05) is 6.07 Å². The highest BCUT2D eigenvalue weighted by Crippen LogP contribution is 2.07. The first-order valence-electron chi connectivity index (χ1n) is 6.04. The van der Waals surface area contributed by atoms with E-state index in [0.717, 1.165) is 0 Å². The number of hydrogen-bond donors (Lipinski definition) is 2. The van der Waals surface area contributed by atoms with Crippen LogP contribution in [-0.2, 0) is 9.53 Å². The zero-order valence-electron chi connectivity index (χ0n) is 11.6. The molecule has 0 aliphatic heterocycles. The molecule has 1 rings (SSSR count). The smallest absolute Gasteiger partial charge is 0.408 e. The van der Waals surface area contributed by atoms with Crippen molar-refractivity contribution in [1.29, 1.82) is 0 Å². The van der Waals surface area contributed by atoms with Gasteiger partial charge in [-0.15, -0.1) is 0 Å². The predicted molar refractivity (Wildman–Crippen MR) is 70.5 cm³/mol. The van der Waals surface area contributed by atoms with Crippen LogP contribution in [0.25, 0.3) is 0 Å². The summed E-state index contributed by atoms with van der Waals surface area (Å²) in [5, 5.41) is 11.3. The van der Waals surface area contributed by atoms with Gasteiger partial charge < -0.3 is 19.9 Å². The maximum atomic E-state index is 11.5. The zero-order chi connectivity index (χ0) is 15.2. The highest BCUT2D eigenvalue weighted by atomic mass is 16.6. The molecule has 1 heterocycles. The lowest BCUT2D eigenvalue weighted by atomic mass is 10.2. The minimum Gasteiger partial charge on any atom is -0.480 e. The van der Waals surface area contributed by atoms with Gasteiger partial charge in [0.2, 0.25) is 5.88 Å². The highest BCUT2D eigenvalue weighted by Gasteiger charge is 2.24. The molecular weight excluding hydrogens is 264 g/mol. The van der Waals surface area contributed by atoms with Crippen molar-refractivity contribution in [2.75, 3.05) is 6.61 Å². The lowest BCUT2D eigenvalue weighted by Gasteiger charge is -2.21. The second kappa shape index (κ2) is 6.74. The first kappa shape index (κ1) is 15.7. The van der Waals surface area contributed by atoms with Crippen LogP contribution in [-0.4, -0.2) is 40.4 Å². The van der Waals surface area contributed by atoms with Gasteiger partial charge in [0, 0.05) is 12.3 Å². The number of pyridine rings is 1. The molecule has 0 aromatic carbocycles. The highest BCUT2D eigenvalue weighted by molar-refractivity contribution is 5.80. The maximum Gasteiger partial charge on any atom is 0.408 e. The maximum absolute atomic E-state index is 11.5. The first-order valence-corrected chi connectivity index (χ1v) is 6.04. The Morgan fingerprint density at radius 1 is 1.40 bits per heavy atom. The van der Waals surface area contributed by atoms with E-state index in [1.54, 1.807) is 39.0 Å². The van der Waals surface area contributed by atoms with Gasteiger partial charge >= 0.3 is 12.1 Å². The van der Waals surface area contributed by atoms with Crippen LogP contribution in [0.15, 0.2) is 24.4 Å². The van der Waals surface area contributed by atoms with Crippen LogP contribution in [0, 0.1) is 0 Å². The Hall–Kier alpha value is -2.31. The quantitative estimate of drug-likeness (QED) is 0.848. The van der Waals surface area contributed by atoms with Crippen LogP contribution in [0.2, 0.25) is 0 Å². The van der Waals surface area contributed by atoms with Crippen molar-refractivity contribution >= 4 is 12.1 Å². The molecule has 1 aromatic heterocycles. The van der Waals surface area contributed by atoms with E-state index in [0.29, 0.717) is 0 Å². The number of nitrogens with one attached hydrogen (secondary N) is 1. The molecule has 110 valence electrons. The molecule has 0 aliphatic carbocycles. The van der Waals surface area contributed by atoms with Gasteiger partial charge in [-0.25, -0.2) is 14.6 Å². The van der Waals surface area contributed by atoms with E-state index in [1.165, 1.54) is 6.20 Å². The van der Waals surface area contributed by atoms with Crippen LogP contribution >= 0.6 is 0 Å². The zero-order valence-corrected chi connectivity index (χ0v) is 11.6. The second-order valence-electron chi connectivity index (χ2n) is 5.02. The van der Waals surface area contributed by atoms with Crippen molar-refractivity contribution in [3.05, 3.63) is 24.4 Å². The molecule has 1 aromatic rings. The van der Waals surface area contributed by atoms with Crippen molar-refractivity contribution in [1.82, 2.24) is 10.3 Å². The van der Waals surface area contributed by atoms with Crippen LogP contribution in [0.3, 0.4) is 0 Å². The fourth-order valence-corrected chi connectivity index (χ4v) is 1.23. The van der Waals surface area contributed by atoms with Gasteiger partial charge in [-0.05, 0) is 26.8 Å². The molecule has 0 bridgehead atoms. The van der Waals surface area contributed by atoms with E-state index in [9.17, 15) is 9.59 Å². The van der Waals surface area contributed by atoms with E-state index >= 15 is 0 Å². The summed E-state index contributed by atoms with van der Waals surface area (Å²) in [6.07, 6.45) is 0.710. The Balaban J connectivity index is 2.53. The van der Waals surface area contributed by atoms with E-state index < -0.39 is 23.7 Å². The molecule has 0 radical (unpaired) electrons. The van der Waals surface area contributed by atoms with Gasteiger partial charge in [-0.2, -0.15) is 0 Å². The summed E-state index contributed by atoms with van der Waals surface area (Å²) in [7, 11) is 0. The number of rotatable bonds is 5. The minimum absolute atomic E-state index is 0.244. The van der Waals surface area contributed by atoms with Crippen molar-refractivity contribution < 1.29 is 24.2 Å². The molecule has 0 unspecified atom stereocenters. The van der Waals surface area contributed by atoms with Crippen LogP contribution < -0.4 is 10.1 Å². The molecule has 7 heteroatoms. The molecular formula is C13H18N2O5. The molecule has 0 fully saturated rings. The number of ether oxygens (including phenoxy) is 2. The van der Waals surface area contributed by atoms with Crippen LogP contribution in [0.5, 0.6) is 5.88 Å². The van der Waals surface area contributed by atoms with Gasteiger partial charge in [0.1, 0.15) is 12.2 Å². The van der Waals surface area contributed by atoms with Crippen LogP contribution in [0.1, 0.15) is 20.8 Å². The number of aliphatic carboxylic acids is 1. The first-order chi connectivity index (χ1) is 9.28. The molecule has 1 atom stereocenters. The number of carbonyl (C=O) groups excluding carboxylic acids is 1. The molecule has 0 saturated heterocycles. The number of carboxylic acid groups (broad SMARTS) is 1. The number of amides is 1. The molecule has 0 spiro atoms. The SMILES string of the molecule is CC(C)(C)OC(=O)N[C@H](COc1ccccn1)C(=O)O. The second-order valence-corrected chi connectivity index (χ2v) is 5.02. The largest absolute Gasteiger partial charge is 0.480 e. The fourth-order valence-electron chi connectivity index (χ4n) is 1.23. The number of aromatic nitrogens is 1. The summed E-state index contributed by atoms with van der Waals surface area (Å²) < 4.78 is 10.2. The summed E-state index contributed by atoms with van der Waals surface area (Å²) in [5.74, 6) is -0.934. The summed E-state index contributed by atoms with van der Waals surface area (Å²) in [6, 6.07) is 3.79. The Morgan fingerprint density at radius 3 is 2.60 bits per heavy atom. The van der Waals surface area contributed by atoms with E-state index in [2.05, 4.69) is 10.3 Å². The van der Waals surface area contributed by atoms with Crippen molar-refractivity contribution in [2.45, 2.75) is 32.4 Å². The molecule has 0 saturated carbocycles. The van der Waals surface area contributed by atoms with Gasteiger partial charge in [0.15, 0.2) is 6.04 Å². The molecule has 7 nitrogen and oxygen atoms in total. The number of hydrogen-bond acceptors (Lipinski definition) is 5. The third-order valence-electron chi connectivity index (χ3n) is 2.02. The van der Waals surface area contributed by atoms with Gasteiger partial charge in [-0.3, -0.25) is 0 Å². The Bertz CT molecular complexity index is 456. The summed E-state index contributed by atoms with van der Waals surface area (Å²) in [4.78, 5) is 26.5. The van der Waals surface area contributed by atoms with Gasteiger partial charge in [0.25, 0.3) is 0 Å². The summed E-state index contributed by atoms with van der Waals surface area (Å²) >= 11 is 0. The lowest BCUT2D eigenvalue weighted by Crippen LogP contribution is -2.46. The number of nitrogens with zero attached hydrogens (tertiary/aromatic N) is 1. The normalized spacial score (nSPS) is 12.3. The monoisotopic (exact) mass is 282 g/mol. The van der Waals surface area contributed by atoms with Crippen LogP contribution in [0.4, 0.5) is 4.79 Å². The third kappa shape index (κ3) is 6.03. The lowest BCUT2D eigenvalue weighted by molar-refractivity contribution is -0.140. The average molecular weight is 282 g/mol. The number of carboxylic acids is 1. The Labute approximate surface area is 116 Å². The van der Waals surface area contributed by atoms with Crippen molar-refractivity contribution in [2.24, 2.45) is 0 Å². The topological polar surface area (TPSA) is 97.8 Å². The van der Waals surface area contributed by atoms with Gasteiger partial charge in [0.05, 0.1) is 0 Å². The predicted octanol–water partition coefficient (Wildman–Crippen LogP) is 1.44. The summed E-state index contributed by atoms with van der Waals surface area (Å²) in [6.45, 7) is 4.82. The third-order valence-corrected chi connectivity index (χ3v) is 2.02.